The van der Waals surface area contributed by atoms with Gasteiger partial charge in [0, 0.05) is 6.42 Å². The Labute approximate surface area is 352 Å². The van der Waals surface area contributed by atoms with Gasteiger partial charge in [-0.25, -0.2) is 0 Å². The highest BCUT2D eigenvalue weighted by atomic mass is 16.7. The van der Waals surface area contributed by atoms with Gasteiger partial charge in [0.15, 0.2) is 6.17 Å². The minimum atomic E-state index is -1.66. The van der Waals surface area contributed by atoms with E-state index in [1.54, 1.807) is 0 Å². The normalized spacial score (nSPS) is 24.6. The van der Waals surface area contributed by atoms with Crippen molar-refractivity contribution < 1.29 is 38.4 Å². The van der Waals surface area contributed by atoms with E-state index in [0.29, 0.717) is 57.0 Å². The summed E-state index contributed by atoms with van der Waals surface area (Å²) in [6.07, 6.45) is 11.7. The van der Waals surface area contributed by atoms with Crippen LogP contribution in [0, 0.1) is 17.3 Å². The third-order valence-electron chi connectivity index (χ3n) is 12.9. The van der Waals surface area contributed by atoms with Gasteiger partial charge in [-0.3, -0.25) is 24.0 Å². The van der Waals surface area contributed by atoms with Crippen molar-refractivity contribution in [2.75, 3.05) is 13.1 Å². The molecule has 0 spiro atoms. The summed E-state index contributed by atoms with van der Waals surface area (Å²) < 4.78 is 12.6. The van der Waals surface area contributed by atoms with Gasteiger partial charge >= 0.3 is 7.12 Å². The van der Waals surface area contributed by atoms with Crippen molar-refractivity contribution in [1.29, 1.82) is 0 Å². The molecule has 3 aliphatic carbocycles. The first-order valence-electron chi connectivity index (χ1n) is 22.4. The zero-order valence-corrected chi connectivity index (χ0v) is 36.5. The largest absolute Gasteiger partial charge is 0.497 e. The van der Waals surface area contributed by atoms with Crippen LogP contribution in [0.4, 0.5) is 0 Å². The summed E-state index contributed by atoms with van der Waals surface area (Å²) in [5.74, 6) is -2.52. The molecule has 1 heterocycles. The number of hydrogen-bond acceptors (Lipinski definition) is 12. The molecule has 59 heavy (non-hydrogen) atoms. The average molecular weight is 836 g/mol. The van der Waals surface area contributed by atoms with E-state index in [0.717, 1.165) is 32.1 Å². The van der Waals surface area contributed by atoms with E-state index < -0.39 is 72.8 Å². The fraction of sp³-hybridized carbons (Fsp3) is 0.878. The molecule has 0 radical (unpaired) electrons. The number of hydrogen-bond donors (Lipinski definition) is 10. The summed E-state index contributed by atoms with van der Waals surface area (Å²) in [6.45, 7) is 10.8. The van der Waals surface area contributed by atoms with Crippen LogP contribution in [0.15, 0.2) is 0 Å². The van der Waals surface area contributed by atoms with Crippen molar-refractivity contribution in [3.8, 4) is 0 Å². The lowest BCUT2D eigenvalue weighted by atomic mass is 9.43. The van der Waals surface area contributed by atoms with Gasteiger partial charge in [0.2, 0.25) is 23.6 Å². The Kier molecular flexibility index (Phi) is 21.0. The molecule has 5 amide bonds. The van der Waals surface area contributed by atoms with Crippen LogP contribution in [0.3, 0.4) is 0 Å². The number of aliphatic hydroxyl groups is 1. The second-order valence-electron chi connectivity index (χ2n) is 17.9. The second kappa shape index (κ2) is 24.5. The highest BCUT2D eigenvalue weighted by Crippen LogP contribution is 2.65. The molecular weight excluding hydrogens is 757 g/mol. The van der Waals surface area contributed by atoms with Crippen molar-refractivity contribution in [3.05, 3.63) is 0 Å². The van der Waals surface area contributed by atoms with E-state index in [-0.39, 0.29) is 36.7 Å². The summed E-state index contributed by atoms with van der Waals surface area (Å²) in [5.41, 5.74) is 23.5. The minimum Gasteiger partial charge on any atom is -0.403 e. The Hall–Kier alpha value is -2.87. The number of nitrogens with two attached hydrogens (primary N) is 4. The molecule has 4 rings (SSSR count). The molecule has 18 heteroatoms. The van der Waals surface area contributed by atoms with Gasteiger partial charge < -0.3 is 63.9 Å². The van der Waals surface area contributed by atoms with Crippen molar-refractivity contribution in [2.45, 2.75) is 198 Å². The predicted molar refractivity (Wildman–Crippen MR) is 227 cm³/mol. The van der Waals surface area contributed by atoms with Crippen LogP contribution in [-0.4, -0.2) is 103 Å². The number of nitrogens with one attached hydrogen (secondary N) is 5. The fourth-order valence-electron chi connectivity index (χ4n) is 9.00. The zero-order valence-electron chi connectivity index (χ0n) is 36.5. The lowest BCUT2D eigenvalue weighted by Gasteiger charge is -2.64. The lowest BCUT2D eigenvalue weighted by molar-refractivity contribution is -0.199. The standard InChI is InChI=1S/C41H78BN9O8/c1-6-7-8-9-10-11-12-13-14-21-32(53)47-28(19-15-17-22-43)35(54)49-33(26(2)52)37(56)50-34(45)38(57)48-29(20-16-18-23-44)36(55)51-39(46)42-58-31-25-27-24-30(40(27,3)4)41(31,5)59-42/h26-31,33-34,39,52H,6-25,43-46H2,1-5H3,(H,47,53)(H,48,57)(H,49,54)(H,50,56)(H,51,55)/t26-,27+,28+,29+,30+,31?,33+,34-,39-,41+/m1/s1. The van der Waals surface area contributed by atoms with Crippen molar-refractivity contribution in [2.24, 2.45) is 40.2 Å². The van der Waals surface area contributed by atoms with Gasteiger partial charge in [0.05, 0.1) is 17.8 Å². The topological polar surface area (TPSA) is 288 Å². The molecule has 4 aliphatic rings. The summed E-state index contributed by atoms with van der Waals surface area (Å²) in [5, 5.41) is 23.5. The molecule has 0 aromatic heterocycles. The average Bonchev–Trinajstić information content (AvgIpc) is 3.55. The Bertz CT molecular complexity index is 1360. The molecule has 0 aromatic carbocycles. The van der Waals surface area contributed by atoms with Crippen LogP contribution in [0.25, 0.3) is 0 Å². The summed E-state index contributed by atoms with van der Waals surface area (Å²) in [6, 6.07) is -4.60. The SMILES string of the molecule is CCCCCCCCCCCC(=O)N[C@@H](CCCCN)C(=O)N[C@H](C(=O)N[C@@H](N)C(=O)N[C@@H](CCCCN)C(=O)N[C@@H](N)B1OC2C[C@@H]3C[C@@H](C3(C)C)[C@]2(C)O1)[C@@H](C)O. The fourth-order valence-corrected chi connectivity index (χ4v) is 9.00. The summed E-state index contributed by atoms with van der Waals surface area (Å²) >= 11 is 0. The van der Waals surface area contributed by atoms with E-state index >= 15 is 0 Å². The van der Waals surface area contributed by atoms with Crippen LogP contribution >= 0.6 is 0 Å². The number of unbranched alkanes of at least 4 members (excludes halogenated alkanes) is 10. The Morgan fingerprint density at radius 2 is 1.27 bits per heavy atom. The Morgan fingerprint density at radius 3 is 1.83 bits per heavy atom. The molecule has 14 N–H and O–H groups in total. The maximum atomic E-state index is 13.6. The van der Waals surface area contributed by atoms with Crippen LogP contribution in [-0.2, 0) is 33.3 Å². The van der Waals surface area contributed by atoms with E-state index in [1.807, 2.05) is 6.92 Å². The van der Waals surface area contributed by atoms with Crippen LogP contribution in [0.2, 0.25) is 0 Å². The van der Waals surface area contributed by atoms with Gasteiger partial charge in [-0.1, -0.05) is 72.1 Å². The number of aliphatic hydroxyl groups excluding tert-OH is 1. The number of carbonyl (C=O) groups excluding carboxylic acids is 5. The molecule has 10 atom stereocenters. The smallest absolute Gasteiger partial charge is 0.403 e. The van der Waals surface area contributed by atoms with Gasteiger partial charge in [0.1, 0.15) is 24.2 Å². The van der Waals surface area contributed by atoms with Crippen molar-refractivity contribution in [3.63, 3.8) is 0 Å². The molecule has 2 bridgehead atoms. The second-order valence-corrected chi connectivity index (χ2v) is 17.9. The Morgan fingerprint density at radius 1 is 0.712 bits per heavy atom. The number of carbonyl (C=O) groups is 5. The van der Waals surface area contributed by atoms with Gasteiger partial charge in [-0.15, -0.1) is 0 Å². The third kappa shape index (κ3) is 14.6. The quantitative estimate of drug-likeness (QED) is 0.0288. The number of amides is 5. The summed E-state index contributed by atoms with van der Waals surface area (Å²) in [7, 11) is -0.882. The summed E-state index contributed by atoms with van der Waals surface area (Å²) in [4.78, 5) is 66.6. The van der Waals surface area contributed by atoms with Gasteiger partial charge in [-0.05, 0) is 102 Å². The van der Waals surface area contributed by atoms with Gasteiger partial charge in [0.25, 0.3) is 5.91 Å². The molecule has 338 valence electrons. The molecule has 1 unspecified atom stereocenters. The number of rotatable bonds is 29. The van der Waals surface area contributed by atoms with Crippen molar-refractivity contribution >= 4 is 36.7 Å². The van der Waals surface area contributed by atoms with Crippen LogP contribution < -0.4 is 49.5 Å². The molecule has 4 fully saturated rings. The van der Waals surface area contributed by atoms with Crippen molar-refractivity contribution in [1.82, 2.24) is 26.6 Å². The zero-order chi connectivity index (χ0) is 43.8. The van der Waals surface area contributed by atoms with Crippen LogP contribution in [0.1, 0.15) is 150 Å². The minimum absolute atomic E-state index is 0.126. The Balaban J connectivity index is 1.54. The lowest BCUT2D eigenvalue weighted by Crippen LogP contribution is -2.65. The first-order valence-corrected chi connectivity index (χ1v) is 22.4. The highest BCUT2D eigenvalue weighted by Gasteiger charge is 2.68. The van der Waals surface area contributed by atoms with Gasteiger partial charge in [-0.2, -0.15) is 0 Å². The molecule has 1 saturated heterocycles. The molecule has 17 nitrogen and oxygen atoms in total. The molecule has 1 aliphatic heterocycles. The van der Waals surface area contributed by atoms with E-state index in [2.05, 4.69) is 47.4 Å². The van der Waals surface area contributed by atoms with E-state index in [1.165, 1.54) is 39.0 Å². The predicted octanol–water partition coefficient (Wildman–Crippen LogP) is 1.07. The van der Waals surface area contributed by atoms with E-state index in [4.69, 9.17) is 32.2 Å². The first kappa shape index (κ1) is 50.5. The molecular formula is C41H78BN9O8. The highest BCUT2D eigenvalue weighted by molar-refractivity contribution is 6.47. The maximum Gasteiger partial charge on any atom is 0.497 e. The molecule has 0 aromatic rings. The van der Waals surface area contributed by atoms with E-state index in [9.17, 15) is 29.1 Å². The third-order valence-corrected chi connectivity index (χ3v) is 12.9. The molecule has 3 saturated carbocycles. The monoisotopic (exact) mass is 836 g/mol. The maximum absolute atomic E-state index is 13.6. The van der Waals surface area contributed by atoms with Crippen LogP contribution in [0.5, 0.6) is 0 Å². The first-order chi connectivity index (χ1) is 28.0.